The van der Waals surface area contributed by atoms with Gasteiger partial charge < -0.3 is 10.0 Å². The van der Waals surface area contributed by atoms with Gasteiger partial charge in [0.1, 0.15) is 5.75 Å². The summed E-state index contributed by atoms with van der Waals surface area (Å²) in [5.74, 6) is 1.14. The Morgan fingerprint density at radius 1 is 0.931 bits per heavy atom. The average Bonchev–Trinajstić information content (AvgIpc) is 3.20. The molecule has 0 aliphatic carbocycles. The van der Waals surface area contributed by atoms with Gasteiger partial charge in [-0.2, -0.15) is 0 Å². The van der Waals surface area contributed by atoms with Crippen LogP contribution in [0.3, 0.4) is 0 Å². The molecule has 2 aromatic heterocycles. The van der Waals surface area contributed by atoms with Gasteiger partial charge in [0, 0.05) is 44.3 Å². The number of tetrazole rings is 1. The Kier molecular flexibility index (Phi) is 5.19. The van der Waals surface area contributed by atoms with Crippen LogP contribution in [-0.2, 0) is 5.54 Å². The first-order valence-electron chi connectivity index (χ1n) is 9.90. The van der Waals surface area contributed by atoms with Crippen LogP contribution in [0.15, 0.2) is 48.8 Å². The maximum atomic E-state index is 9.54. The molecule has 1 aliphatic rings. The van der Waals surface area contributed by atoms with Crippen LogP contribution in [-0.4, -0.2) is 61.4 Å². The number of hydrogen-bond donors (Lipinski definition) is 1. The number of nitrogens with zero attached hydrogens (tertiary/aromatic N) is 7. The van der Waals surface area contributed by atoms with E-state index in [9.17, 15) is 5.11 Å². The average molecular weight is 393 g/mol. The van der Waals surface area contributed by atoms with E-state index in [-0.39, 0.29) is 11.6 Å². The van der Waals surface area contributed by atoms with Gasteiger partial charge in [0.05, 0.1) is 11.6 Å². The van der Waals surface area contributed by atoms with Crippen molar-refractivity contribution >= 4 is 5.69 Å². The van der Waals surface area contributed by atoms with Crippen LogP contribution in [0.2, 0.25) is 0 Å². The third-order valence-electron chi connectivity index (χ3n) is 5.29. The zero-order valence-electron chi connectivity index (χ0n) is 17.1. The van der Waals surface area contributed by atoms with Gasteiger partial charge in [-0.25, -0.2) is 4.68 Å². The van der Waals surface area contributed by atoms with E-state index in [0.29, 0.717) is 5.75 Å². The van der Waals surface area contributed by atoms with Crippen molar-refractivity contribution in [2.24, 2.45) is 0 Å². The van der Waals surface area contributed by atoms with Crippen molar-refractivity contribution in [3.8, 4) is 5.75 Å². The first-order chi connectivity index (χ1) is 13.9. The molecule has 8 heteroatoms. The molecule has 0 spiro atoms. The molecule has 0 saturated carbocycles. The number of aromatic nitrogens is 5. The standard InChI is InChI=1S/C21H27N7O/c1-21(2,3)28-20(23-24-25-28)19(16-8-10-22-11-9-16)27-14-12-26(13-15-27)17-4-6-18(29)7-5-17/h4-11,19,29H,12-15H2,1-3H3/t19-/m1/s1. The number of piperazine rings is 1. The SMILES string of the molecule is CC(C)(C)n1nnnc1[C@@H](c1ccncc1)N1CCN(c2ccc(O)cc2)CC1. The lowest BCUT2D eigenvalue weighted by Crippen LogP contribution is -2.48. The number of pyridine rings is 1. The van der Waals surface area contributed by atoms with Crippen LogP contribution in [0.5, 0.6) is 5.75 Å². The molecule has 8 nitrogen and oxygen atoms in total. The number of phenolic OH excluding ortho intramolecular Hbond substituents is 1. The Hall–Kier alpha value is -3.00. The summed E-state index contributed by atoms with van der Waals surface area (Å²) >= 11 is 0. The van der Waals surface area contributed by atoms with Gasteiger partial charge in [-0.15, -0.1) is 5.10 Å². The van der Waals surface area contributed by atoms with E-state index in [1.165, 1.54) is 0 Å². The fourth-order valence-corrected chi connectivity index (χ4v) is 3.81. The first-order valence-corrected chi connectivity index (χ1v) is 9.90. The maximum absolute atomic E-state index is 9.54. The van der Waals surface area contributed by atoms with Crippen molar-refractivity contribution < 1.29 is 5.11 Å². The monoisotopic (exact) mass is 393 g/mol. The lowest BCUT2D eigenvalue weighted by atomic mass is 10.0. The molecular weight excluding hydrogens is 366 g/mol. The quantitative estimate of drug-likeness (QED) is 0.729. The topological polar surface area (TPSA) is 83.2 Å². The summed E-state index contributed by atoms with van der Waals surface area (Å²) in [6.07, 6.45) is 3.64. The lowest BCUT2D eigenvalue weighted by molar-refractivity contribution is 0.191. The van der Waals surface area contributed by atoms with Gasteiger partial charge in [-0.3, -0.25) is 9.88 Å². The molecule has 0 unspecified atom stereocenters. The van der Waals surface area contributed by atoms with E-state index in [1.54, 1.807) is 12.1 Å². The second kappa shape index (κ2) is 7.79. The van der Waals surface area contributed by atoms with Crippen molar-refractivity contribution in [3.05, 3.63) is 60.2 Å². The van der Waals surface area contributed by atoms with E-state index in [0.717, 1.165) is 43.3 Å². The lowest BCUT2D eigenvalue weighted by Gasteiger charge is -2.40. The number of rotatable bonds is 4. The van der Waals surface area contributed by atoms with Gasteiger partial charge in [0.25, 0.3) is 0 Å². The molecule has 1 aromatic carbocycles. The van der Waals surface area contributed by atoms with Gasteiger partial charge in [0.15, 0.2) is 5.82 Å². The highest BCUT2D eigenvalue weighted by atomic mass is 16.3. The summed E-state index contributed by atoms with van der Waals surface area (Å²) in [6.45, 7) is 9.88. The van der Waals surface area contributed by atoms with Gasteiger partial charge in [0.2, 0.25) is 0 Å². The molecule has 0 bridgehead atoms. The summed E-state index contributed by atoms with van der Waals surface area (Å²) in [7, 11) is 0. The van der Waals surface area contributed by atoms with E-state index in [2.05, 4.69) is 51.1 Å². The second-order valence-electron chi connectivity index (χ2n) is 8.34. The Morgan fingerprint density at radius 2 is 1.59 bits per heavy atom. The minimum atomic E-state index is -0.210. The van der Waals surface area contributed by atoms with Crippen LogP contribution in [0.1, 0.15) is 38.2 Å². The van der Waals surface area contributed by atoms with Crippen LogP contribution in [0.4, 0.5) is 5.69 Å². The Bertz CT molecular complexity index is 926. The summed E-state index contributed by atoms with van der Waals surface area (Å²) in [5.41, 5.74) is 2.05. The van der Waals surface area contributed by atoms with E-state index < -0.39 is 0 Å². The largest absolute Gasteiger partial charge is 0.508 e. The number of hydrogen-bond acceptors (Lipinski definition) is 7. The Morgan fingerprint density at radius 3 is 2.21 bits per heavy atom. The molecule has 0 amide bonds. The van der Waals surface area contributed by atoms with Gasteiger partial charge in [-0.05, 0) is 73.2 Å². The minimum absolute atomic E-state index is 0.0332. The van der Waals surface area contributed by atoms with E-state index in [4.69, 9.17) is 0 Å². The van der Waals surface area contributed by atoms with Crippen LogP contribution in [0.25, 0.3) is 0 Å². The molecule has 3 aromatic rings. The number of phenols is 1. The minimum Gasteiger partial charge on any atom is -0.508 e. The maximum Gasteiger partial charge on any atom is 0.173 e. The third-order valence-corrected chi connectivity index (χ3v) is 5.29. The molecular formula is C21H27N7O. The van der Waals surface area contributed by atoms with Gasteiger partial charge in [-0.1, -0.05) is 0 Å². The van der Waals surface area contributed by atoms with Gasteiger partial charge >= 0.3 is 0 Å². The molecule has 0 radical (unpaired) electrons. The molecule has 152 valence electrons. The smallest absolute Gasteiger partial charge is 0.173 e. The fourth-order valence-electron chi connectivity index (χ4n) is 3.81. The zero-order chi connectivity index (χ0) is 20.4. The highest BCUT2D eigenvalue weighted by Crippen LogP contribution is 2.31. The Balaban J connectivity index is 1.60. The molecule has 3 heterocycles. The fraction of sp³-hybridized carbons (Fsp3) is 0.429. The second-order valence-corrected chi connectivity index (χ2v) is 8.34. The number of anilines is 1. The predicted octanol–water partition coefficient (Wildman–Crippen LogP) is 2.44. The predicted molar refractivity (Wildman–Crippen MR) is 111 cm³/mol. The molecule has 1 saturated heterocycles. The van der Waals surface area contributed by atoms with Crippen molar-refractivity contribution in [2.45, 2.75) is 32.4 Å². The molecule has 1 fully saturated rings. The zero-order valence-corrected chi connectivity index (χ0v) is 17.1. The summed E-state index contributed by atoms with van der Waals surface area (Å²) in [4.78, 5) is 8.95. The molecule has 1 aliphatic heterocycles. The molecule has 1 N–H and O–H groups in total. The molecule has 4 rings (SSSR count). The van der Waals surface area contributed by atoms with Crippen LogP contribution in [0, 0.1) is 0 Å². The highest BCUT2D eigenvalue weighted by Gasteiger charge is 2.33. The summed E-state index contributed by atoms with van der Waals surface area (Å²) in [6, 6.07) is 11.4. The van der Waals surface area contributed by atoms with Crippen molar-refractivity contribution in [1.29, 1.82) is 0 Å². The van der Waals surface area contributed by atoms with E-state index >= 15 is 0 Å². The molecule has 1 atom stereocenters. The molecule has 29 heavy (non-hydrogen) atoms. The van der Waals surface area contributed by atoms with Crippen molar-refractivity contribution in [1.82, 2.24) is 30.1 Å². The first kappa shape index (κ1) is 19.3. The van der Waals surface area contributed by atoms with Crippen molar-refractivity contribution in [2.75, 3.05) is 31.1 Å². The van der Waals surface area contributed by atoms with Crippen molar-refractivity contribution in [3.63, 3.8) is 0 Å². The van der Waals surface area contributed by atoms with Crippen LogP contribution >= 0.6 is 0 Å². The highest BCUT2D eigenvalue weighted by molar-refractivity contribution is 5.49. The normalized spacial score (nSPS) is 16.7. The summed E-state index contributed by atoms with van der Waals surface area (Å²) in [5, 5.41) is 22.2. The van der Waals surface area contributed by atoms with Crippen LogP contribution < -0.4 is 4.90 Å². The third kappa shape index (κ3) is 4.07. The Labute approximate surface area is 170 Å². The summed E-state index contributed by atoms with van der Waals surface area (Å²) < 4.78 is 1.92. The number of aromatic hydroxyl groups is 1. The van der Waals surface area contributed by atoms with E-state index in [1.807, 2.05) is 41.3 Å². The number of benzene rings is 1.